The quantitative estimate of drug-likeness (QED) is 0.776. The third-order valence-corrected chi connectivity index (χ3v) is 3.87. The molecule has 3 rings (SSSR count). The summed E-state index contributed by atoms with van der Waals surface area (Å²) in [6.07, 6.45) is 7.58. The molecule has 0 fully saturated rings. The van der Waals surface area contributed by atoms with Crippen molar-refractivity contribution in [1.82, 2.24) is 0 Å². The molecule has 1 aliphatic rings. The molecule has 0 heterocycles. The number of benzene rings is 2. The van der Waals surface area contributed by atoms with E-state index in [0.29, 0.717) is 0 Å². The Hall–Kier alpha value is -2.48. The number of anilines is 3. The molecule has 2 nitrogen and oxygen atoms in total. The summed E-state index contributed by atoms with van der Waals surface area (Å²) in [5.74, 6) is 0. The van der Waals surface area contributed by atoms with Crippen molar-refractivity contribution in [3.63, 3.8) is 0 Å². The van der Waals surface area contributed by atoms with Gasteiger partial charge in [0.25, 0.3) is 0 Å². The van der Waals surface area contributed by atoms with Crippen LogP contribution >= 0.6 is 0 Å². The zero-order chi connectivity index (χ0) is 15.4. The van der Waals surface area contributed by atoms with E-state index in [4.69, 9.17) is 0 Å². The van der Waals surface area contributed by atoms with Gasteiger partial charge in [0, 0.05) is 17.1 Å². The molecular weight excluding hydrogens is 268 g/mol. The van der Waals surface area contributed by atoms with E-state index in [1.165, 1.54) is 5.57 Å². The monoisotopic (exact) mass is 290 g/mol. The number of para-hydroxylation sites is 1. The molecule has 0 aromatic heterocycles. The first-order valence-corrected chi connectivity index (χ1v) is 7.68. The minimum Gasteiger partial charge on any atom is -0.376 e. The van der Waals surface area contributed by atoms with Crippen LogP contribution in [0.5, 0.6) is 0 Å². The van der Waals surface area contributed by atoms with Gasteiger partial charge < -0.3 is 10.6 Å². The molecular formula is C20H22N2. The van der Waals surface area contributed by atoms with Crippen LogP contribution in [0.15, 0.2) is 78.4 Å². The highest BCUT2D eigenvalue weighted by Crippen LogP contribution is 2.28. The lowest BCUT2D eigenvalue weighted by Crippen LogP contribution is -2.33. The van der Waals surface area contributed by atoms with Gasteiger partial charge in [-0.1, -0.05) is 42.0 Å². The molecule has 1 unspecified atom stereocenters. The van der Waals surface area contributed by atoms with E-state index in [1.54, 1.807) is 0 Å². The minimum absolute atomic E-state index is 0.00674. The number of rotatable bonds is 4. The van der Waals surface area contributed by atoms with Crippen molar-refractivity contribution in [2.75, 3.05) is 10.6 Å². The molecule has 2 N–H and O–H groups in total. The van der Waals surface area contributed by atoms with E-state index in [9.17, 15) is 0 Å². The Bertz CT molecular complexity index is 683. The van der Waals surface area contributed by atoms with Gasteiger partial charge in [-0.2, -0.15) is 0 Å². The molecule has 0 spiro atoms. The summed E-state index contributed by atoms with van der Waals surface area (Å²) in [6, 6.07) is 18.7. The first-order valence-electron chi connectivity index (χ1n) is 7.68. The topological polar surface area (TPSA) is 24.1 Å². The summed E-state index contributed by atoms with van der Waals surface area (Å²) < 4.78 is 0. The second-order valence-electron chi connectivity index (χ2n) is 6.16. The van der Waals surface area contributed by atoms with Gasteiger partial charge >= 0.3 is 0 Å². The third-order valence-electron chi connectivity index (χ3n) is 3.87. The van der Waals surface area contributed by atoms with E-state index in [1.807, 2.05) is 18.2 Å². The fraction of sp³-hybridized carbons (Fsp3) is 0.200. The Morgan fingerprint density at radius 3 is 2.18 bits per heavy atom. The van der Waals surface area contributed by atoms with E-state index in [0.717, 1.165) is 23.5 Å². The van der Waals surface area contributed by atoms with Crippen molar-refractivity contribution in [3.8, 4) is 0 Å². The Balaban J connectivity index is 1.67. The lowest BCUT2D eigenvalue weighted by Gasteiger charge is -2.31. The SMILES string of the molecule is CC1=CC=CC(C)(Nc2ccc(Nc3ccccc3)cc2)C1. The molecule has 0 amide bonds. The molecule has 0 radical (unpaired) electrons. The number of hydrogen-bond acceptors (Lipinski definition) is 2. The Labute approximate surface area is 132 Å². The second-order valence-corrected chi connectivity index (χ2v) is 6.16. The summed E-state index contributed by atoms with van der Waals surface area (Å²) in [7, 11) is 0. The van der Waals surface area contributed by atoms with Crippen LogP contribution in [0.25, 0.3) is 0 Å². The van der Waals surface area contributed by atoms with Gasteiger partial charge in [-0.25, -0.2) is 0 Å². The molecule has 1 aliphatic carbocycles. The zero-order valence-electron chi connectivity index (χ0n) is 13.1. The van der Waals surface area contributed by atoms with Gasteiger partial charge in [-0.05, 0) is 56.7 Å². The number of hydrogen-bond donors (Lipinski definition) is 2. The van der Waals surface area contributed by atoms with Crippen molar-refractivity contribution in [2.24, 2.45) is 0 Å². The maximum atomic E-state index is 3.62. The molecule has 1 atom stereocenters. The van der Waals surface area contributed by atoms with Crippen molar-refractivity contribution in [1.29, 1.82) is 0 Å². The normalized spacial score (nSPS) is 20.4. The predicted octanol–water partition coefficient (Wildman–Crippen LogP) is 5.51. The van der Waals surface area contributed by atoms with Crippen LogP contribution in [0.2, 0.25) is 0 Å². The van der Waals surface area contributed by atoms with E-state index < -0.39 is 0 Å². The standard InChI is InChI=1S/C20H22N2/c1-16-7-6-14-20(2,15-16)22-19-12-10-18(11-13-19)21-17-8-4-3-5-9-17/h3-14,21-22H,15H2,1-2H3. The van der Waals surface area contributed by atoms with Crippen LogP contribution in [0.3, 0.4) is 0 Å². The summed E-state index contributed by atoms with van der Waals surface area (Å²) >= 11 is 0. The maximum absolute atomic E-state index is 3.62. The largest absolute Gasteiger partial charge is 0.376 e. The first-order chi connectivity index (χ1) is 10.6. The van der Waals surface area contributed by atoms with Crippen molar-refractivity contribution < 1.29 is 0 Å². The van der Waals surface area contributed by atoms with Gasteiger partial charge in [0.2, 0.25) is 0 Å². The van der Waals surface area contributed by atoms with Crippen LogP contribution < -0.4 is 10.6 Å². The second kappa shape index (κ2) is 6.10. The van der Waals surface area contributed by atoms with Gasteiger partial charge in [0.05, 0.1) is 5.54 Å². The highest BCUT2D eigenvalue weighted by Gasteiger charge is 2.22. The molecule has 0 bridgehead atoms. The van der Waals surface area contributed by atoms with Crippen LogP contribution in [-0.4, -0.2) is 5.54 Å². The average Bonchev–Trinajstić information content (AvgIpc) is 2.50. The van der Waals surface area contributed by atoms with Crippen molar-refractivity contribution in [3.05, 3.63) is 78.4 Å². The molecule has 2 aromatic carbocycles. The molecule has 22 heavy (non-hydrogen) atoms. The zero-order valence-corrected chi connectivity index (χ0v) is 13.1. The summed E-state index contributed by atoms with van der Waals surface area (Å²) in [6.45, 7) is 4.41. The highest BCUT2D eigenvalue weighted by atomic mass is 15.0. The smallest absolute Gasteiger partial charge is 0.0568 e. The van der Waals surface area contributed by atoms with Gasteiger partial charge in [-0.15, -0.1) is 0 Å². The molecule has 2 heteroatoms. The van der Waals surface area contributed by atoms with Crippen molar-refractivity contribution >= 4 is 17.1 Å². The van der Waals surface area contributed by atoms with E-state index >= 15 is 0 Å². The third kappa shape index (κ3) is 3.59. The molecule has 0 saturated carbocycles. The number of nitrogens with one attached hydrogen (secondary N) is 2. The molecule has 112 valence electrons. The minimum atomic E-state index is -0.00674. The van der Waals surface area contributed by atoms with Crippen molar-refractivity contribution in [2.45, 2.75) is 25.8 Å². The highest BCUT2D eigenvalue weighted by molar-refractivity contribution is 5.63. The Morgan fingerprint density at radius 2 is 1.50 bits per heavy atom. The van der Waals surface area contributed by atoms with Gasteiger partial charge in [0.1, 0.15) is 0 Å². The average molecular weight is 290 g/mol. The summed E-state index contributed by atoms with van der Waals surface area (Å²) in [5.41, 5.74) is 4.73. The van der Waals surface area contributed by atoms with Gasteiger partial charge in [0.15, 0.2) is 0 Å². The Morgan fingerprint density at radius 1 is 0.864 bits per heavy atom. The van der Waals surface area contributed by atoms with Crippen LogP contribution in [-0.2, 0) is 0 Å². The van der Waals surface area contributed by atoms with Crippen LogP contribution in [0.4, 0.5) is 17.1 Å². The van der Waals surface area contributed by atoms with Crippen LogP contribution in [0.1, 0.15) is 20.3 Å². The lowest BCUT2D eigenvalue weighted by molar-refractivity contribution is 0.620. The first kappa shape index (κ1) is 14.5. The van der Waals surface area contributed by atoms with Crippen LogP contribution in [0, 0.1) is 0 Å². The predicted molar refractivity (Wildman–Crippen MR) is 95.7 cm³/mol. The van der Waals surface area contributed by atoms with E-state index in [-0.39, 0.29) is 5.54 Å². The summed E-state index contributed by atoms with van der Waals surface area (Å²) in [4.78, 5) is 0. The summed E-state index contributed by atoms with van der Waals surface area (Å²) in [5, 5.41) is 7.02. The maximum Gasteiger partial charge on any atom is 0.0568 e. The number of allylic oxidation sites excluding steroid dienone is 2. The molecule has 0 saturated heterocycles. The lowest BCUT2D eigenvalue weighted by atomic mass is 9.88. The fourth-order valence-electron chi connectivity index (χ4n) is 2.86. The Kier molecular flexibility index (Phi) is 4.01. The van der Waals surface area contributed by atoms with E-state index in [2.05, 4.69) is 79.1 Å². The molecule has 2 aromatic rings. The fourth-order valence-corrected chi connectivity index (χ4v) is 2.86. The molecule has 0 aliphatic heterocycles. The van der Waals surface area contributed by atoms with Gasteiger partial charge in [-0.3, -0.25) is 0 Å².